The lowest BCUT2D eigenvalue weighted by Gasteiger charge is -2.20. The van der Waals surface area contributed by atoms with Crippen LogP contribution in [0.25, 0.3) is 0 Å². The number of carbonyl (C=O) groups excluding carboxylic acids is 1. The molecule has 1 atom stereocenters. The zero-order valence-corrected chi connectivity index (χ0v) is 8.52. The van der Waals surface area contributed by atoms with Crippen LogP contribution < -0.4 is 5.73 Å². The second-order valence-corrected chi connectivity index (χ2v) is 3.65. The number of carbonyl (C=O) groups is 1. The van der Waals surface area contributed by atoms with Gasteiger partial charge in [-0.3, -0.25) is 4.79 Å². The Morgan fingerprint density at radius 3 is 2.33 bits per heavy atom. The summed E-state index contributed by atoms with van der Waals surface area (Å²) in [6, 6.07) is 0. The summed E-state index contributed by atoms with van der Waals surface area (Å²) >= 11 is 0. The van der Waals surface area contributed by atoms with Crippen molar-refractivity contribution in [3.63, 3.8) is 0 Å². The van der Waals surface area contributed by atoms with Crippen LogP contribution in [0.2, 0.25) is 0 Å². The Kier molecular flexibility index (Phi) is 5.14. The second-order valence-electron chi connectivity index (χ2n) is 3.65. The maximum atomic E-state index is 11.4. The first kappa shape index (κ1) is 11.6. The molecule has 0 saturated heterocycles. The normalized spacial score (nSPS) is 15.7. The van der Waals surface area contributed by atoms with Gasteiger partial charge in [0.05, 0.1) is 5.54 Å². The molecule has 0 bridgehead atoms. The molecular weight excluding hydrogens is 150 g/mol. The summed E-state index contributed by atoms with van der Waals surface area (Å²) in [7, 11) is 0. The number of rotatable bonds is 6. The molecular formula is C10H21NO. The van der Waals surface area contributed by atoms with Crippen LogP contribution in [0.3, 0.4) is 0 Å². The van der Waals surface area contributed by atoms with E-state index in [1.165, 1.54) is 0 Å². The fourth-order valence-electron chi connectivity index (χ4n) is 1.02. The molecule has 2 heteroatoms. The topological polar surface area (TPSA) is 43.1 Å². The van der Waals surface area contributed by atoms with Gasteiger partial charge in [0.2, 0.25) is 0 Å². The van der Waals surface area contributed by atoms with Gasteiger partial charge in [-0.2, -0.15) is 0 Å². The Bertz CT molecular complexity index is 141. The summed E-state index contributed by atoms with van der Waals surface area (Å²) in [5.74, 6) is 0.207. The molecule has 0 fully saturated rings. The van der Waals surface area contributed by atoms with Crippen molar-refractivity contribution in [2.75, 3.05) is 0 Å². The van der Waals surface area contributed by atoms with Gasteiger partial charge in [0.15, 0.2) is 5.78 Å². The SMILES string of the molecule is CCCCCC(=O)C(C)(N)CC. The van der Waals surface area contributed by atoms with Crippen LogP contribution in [0.15, 0.2) is 0 Å². The van der Waals surface area contributed by atoms with E-state index in [0.29, 0.717) is 6.42 Å². The molecule has 0 radical (unpaired) electrons. The highest BCUT2D eigenvalue weighted by molar-refractivity contribution is 5.87. The number of Topliss-reactive ketones (excluding diaryl/α,β-unsaturated/α-hetero) is 1. The van der Waals surface area contributed by atoms with Crippen LogP contribution in [0, 0.1) is 0 Å². The summed E-state index contributed by atoms with van der Waals surface area (Å²) in [5, 5.41) is 0. The number of unbranched alkanes of at least 4 members (excludes halogenated alkanes) is 2. The van der Waals surface area contributed by atoms with Gasteiger partial charge in [-0.15, -0.1) is 0 Å². The van der Waals surface area contributed by atoms with Crippen molar-refractivity contribution in [2.45, 2.75) is 58.4 Å². The summed E-state index contributed by atoms with van der Waals surface area (Å²) in [5.41, 5.74) is 5.20. The molecule has 0 aliphatic carbocycles. The Balaban J connectivity index is 3.72. The van der Waals surface area contributed by atoms with E-state index < -0.39 is 5.54 Å². The highest BCUT2D eigenvalue weighted by Gasteiger charge is 2.24. The number of ketones is 1. The van der Waals surface area contributed by atoms with E-state index in [-0.39, 0.29) is 5.78 Å². The van der Waals surface area contributed by atoms with Crippen LogP contribution in [-0.4, -0.2) is 11.3 Å². The van der Waals surface area contributed by atoms with E-state index in [0.717, 1.165) is 25.7 Å². The first-order valence-electron chi connectivity index (χ1n) is 4.86. The molecule has 0 amide bonds. The fourth-order valence-corrected chi connectivity index (χ4v) is 1.02. The van der Waals surface area contributed by atoms with Gasteiger partial charge in [-0.05, 0) is 19.8 Å². The Morgan fingerprint density at radius 1 is 1.33 bits per heavy atom. The lowest BCUT2D eigenvalue weighted by atomic mass is 9.91. The third-order valence-electron chi connectivity index (χ3n) is 2.38. The molecule has 0 saturated carbocycles. The molecule has 0 aromatic carbocycles. The minimum absolute atomic E-state index is 0.207. The van der Waals surface area contributed by atoms with Gasteiger partial charge in [-0.1, -0.05) is 26.7 Å². The molecule has 72 valence electrons. The molecule has 0 rings (SSSR count). The summed E-state index contributed by atoms with van der Waals surface area (Å²) < 4.78 is 0. The van der Waals surface area contributed by atoms with Crippen molar-refractivity contribution >= 4 is 5.78 Å². The zero-order valence-electron chi connectivity index (χ0n) is 8.52. The van der Waals surface area contributed by atoms with Crippen molar-refractivity contribution in [3.8, 4) is 0 Å². The molecule has 0 aliphatic heterocycles. The van der Waals surface area contributed by atoms with Crippen LogP contribution in [0.4, 0.5) is 0 Å². The molecule has 0 aliphatic rings. The van der Waals surface area contributed by atoms with E-state index in [9.17, 15) is 4.79 Å². The minimum Gasteiger partial charge on any atom is -0.319 e. The molecule has 2 N–H and O–H groups in total. The highest BCUT2D eigenvalue weighted by Crippen LogP contribution is 2.11. The monoisotopic (exact) mass is 171 g/mol. The smallest absolute Gasteiger partial charge is 0.152 e. The third-order valence-corrected chi connectivity index (χ3v) is 2.38. The van der Waals surface area contributed by atoms with Crippen LogP contribution >= 0.6 is 0 Å². The summed E-state index contributed by atoms with van der Waals surface area (Å²) in [6.45, 7) is 5.91. The minimum atomic E-state index is -0.590. The van der Waals surface area contributed by atoms with E-state index in [4.69, 9.17) is 5.73 Å². The predicted octanol–water partition coefficient (Wildman–Crippen LogP) is 2.26. The van der Waals surface area contributed by atoms with E-state index in [2.05, 4.69) is 6.92 Å². The van der Waals surface area contributed by atoms with Crippen LogP contribution in [0.5, 0.6) is 0 Å². The number of hydrogen-bond acceptors (Lipinski definition) is 2. The first-order chi connectivity index (χ1) is 5.54. The third kappa shape index (κ3) is 3.86. The van der Waals surface area contributed by atoms with E-state index >= 15 is 0 Å². The van der Waals surface area contributed by atoms with Gasteiger partial charge >= 0.3 is 0 Å². The van der Waals surface area contributed by atoms with Gasteiger partial charge in [0.1, 0.15) is 0 Å². The quantitative estimate of drug-likeness (QED) is 0.623. The van der Waals surface area contributed by atoms with Crippen LogP contribution in [-0.2, 0) is 4.79 Å². The van der Waals surface area contributed by atoms with Crippen molar-refractivity contribution in [2.24, 2.45) is 5.73 Å². The zero-order chi connectivity index (χ0) is 9.61. The summed E-state index contributed by atoms with van der Waals surface area (Å²) in [4.78, 5) is 11.4. The average Bonchev–Trinajstić information content (AvgIpc) is 2.05. The van der Waals surface area contributed by atoms with E-state index in [1.54, 1.807) is 0 Å². The van der Waals surface area contributed by atoms with Crippen LogP contribution in [0.1, 0.15) is 52.9 Å². The molecule has 0 aromatic rings. The summed E-state index contributed by atoms with van der Waals surface area (Å²) in [6.07, 6.45) is 4.65. The molecule has 0 spiro atoms. The first-order valence-corrected chi connectivity index (χ1v) is 4.86. The van der Waals surface area contributed by atoms with Crippen molar-refractivity contribution in [1.82, 2.24) is 0 Å². The largest absolute Gasteiger partial charge is 0.319 e. The van der Waals surface area contributed by atoms with Crippen molar-refractivity contribution < 1.29 is 4.79 Å². The molecule has 12 heavy (non-hydrogen) atoms. The van der Waals surface area contributed by atoms with Gasteiger partial charge in [0, 0.05) is 6.42 Å². The highest BCUT2D eigenvalue weighted by atomic mass is 16.1. The maximum absolute atomic E-state index is 11.4. The fraction of sp³-hybridized carbons (Fsp3) is 0.900. The van der Waals surface area contributed by atoms with E-state index in [1.807, 2.05) is 13.8 Å². The maximum Gasteiger partial charge on any atom is 0.152 e. The molecule has 0 heterocycles. The lowest BCUT2D eigenvalue weighted by molar-refractivity contribution is -0.123. The number of nitrogens with two attached hydrogens (primary N) is 1. The van der Waals surface area contributed by atoms with Gasteiger partial charge in [0.25, 0.3) is 0 Å². The Labute approximate surface area is 75.5 Å². The second kappa shape index (κ2) is 5.31. The van der Waals surface area contributed by atoms with Crippen molar-refractivity contribution in [1.29, 1.82) is 0 Å². The molecule has 2 nitrogen and oxygen atoms in total. The van der Waals surface area contributed by atoms with Gasteiger partial charge < -0.3 is 5.73 Å². The van der Waals surface area contributed by atoms with Crippen molar-refractivity contribution in [3.05, 3.63) is 0 Å². The lowest BCUT2D eigenvalue weighted by Crippen LogP contribution is -2.44. The Hall–Kier alpha value is -0.370. The number of hydrogen-bond donors (Lipinski definition) is 1. The standard InChI is InChI=1S/C10H21NO/c1-4-6-7-8-9(12)10(3,11)5-2/h4-8,11H2,1-3H3. The average molecular weight is 171 g/mol. The molecule has 1 unspecified atom stereocenters. The van der Waals surface area contributed by atoms with Gasteiger partial charge in [-0.25, -0.2) is 0 Å². The predicted molar refractivity (Wildman–Crippen MR) is 52.0 cm³/mol. The Morgan fingerprint density at radius 2 is 1.92 bits per heavy atom. The molecule has 0 aromatic heterocycles.